The van der Waals surface area contributed by atoms with Gasteiger partial charge in [-0.25, -0.2) is 0 Å². The number of benzene rings is 2. The highest BCUT2D eigenvalue weighted by Crippen LogP contribution is 2.26. The number of anilines is 1. The Morgan fingerprint density at radius 2 is 2.00 bits per heavy atom. The van der Waals surface area contributed by atoms with Crippen LogP contribution in [0.1, 0.15) is 15.9 Å². The van der Waals surface area contributed by atoms with Crippen molar-refractivity contribution in [3.8, 4) is 5.75 Å². The third kappa shape index (κ3) is 3.97. The van der Waals surface area contributed by atoms with Gasteiger partial charge in [-0.3, -0.25) is 4.79 Å². The molecule has 0 unspecified atom stereocenters. The van der Waals surface area contributed by atoms with Gasteiger partial charge in [-0.1, -0.05) is 29.8 Å². The third-order valence-corrected chi connectivity index (χ3v) is 3.41. The van der Waals surface area contributed by atoms with E-state index in [9.17, 15) is 9.90 Å². The minimum absolute atomic E-state index is 0.0101. The molecule has 0 spiro atoms. The zero-order valence-corrected chi connectivity index (χ0v) is 12.4. The largest absolute Gasteiger partial charge is 0.506 e. The monoisotopic (exact) mass is 304 g/mol. The average Bonchev–Trinajstić information content (AvgIpc) is 2.49. The number of hydrogen-bond acceptors (Lipinski definition) is 3. The first-order valence-corrected chi connectivity index (χ1v) is 7.02. The number of phenols is 1. The minimum atomic E-state index is -0.191. The summed E-state index contributed by atoms with van der Waals surface area (Å²) in [6.07, 6.45) is 0.774. The van der Waals surface area contributed by atoms with Crippen molar-refractivity contribution in [2.45, 2.75) is 6.42 Å². The van der Waals surface area contributed by atoms with E-state index in [1.807, 2.05) is 25.2 Å². The van der Waals surface area contributed by atoms with Crippen molar-refractivity contribution in [2.24, 2.45) is 0 Å². The Morgan fingerprint density at radius 3 is 2.71 bits per heavy atom. The van der Waals surface area contributed by atoms with Crippen molar-refractivity contribution >= 4 is 23.2 Å². The summed E-state index contributed by atoms with van der Waals surface area (Å²) in [7, 11) is 1.88. The molecule has 0 aliphatic rings. The van der Waals surface area contributed by atoms with Gasteiger partial charge in [0.25, 0.3) is 5.91 Å². The fourth-order valence-electron chi connectivity index (χ4n) is 2.00. The van der Waals surface area contributed by atoms with Crippen LogP contribution < -0.4 is 10.6 Å². The standard InChI is InChI=1S/C16H17ClN2O2/c1-18-9-8-11-4-2-3-5-13(11)16(21)19-12-6-7-15(20)14(17)10-12/h2-7,10,18,20H,8-9H2,1H3,(H,19,21). The van der Waals surface area contributed by atoms with Crippen LogP contribution in [0.25, 0.3) is 0 Å². The number of nitrogens with one attached hydrogen (secondary N) is 2. The molecular weight excluding hydrogens is 288 g/mol. The Hall–Kier alpha value is -2.04. The molecule has 0 aliphatic heterocycles. The van der Waals surface area contributed by atoms with E-state index in [-0.39, 0.29) is 16.7 Å². The summed E-state index contributed by atoms with van der Waals surface area (Å²) < 4.78 is 0. The Kier molecular flexibility index (Phi) is 5.20. The Balaban J connectivity index is 2.18. The van der Waals surface area contributed by atoms with Crippen LogP contribution in [0.15, 0.2) is 42.5 Å². The van der Waals surface area contributed by atoms with Gasteiger partial charge in [0, 0.05) is 11.3 Å². The van der Waals surface area contributed by atoms with Crippen LogP contribution in [-0.4, -0.2) is 24.6 Å². The number of phenolic OH excluding ortho intramolecular Hbond substituents is 1. The number of carbonyl (C=O) groups excluding carboxylic acids is 1. The molecule has 2 aromatic carbocycles. The molecule has 0 aliphatic carbocycles. The summed E-state index contributed by atoms with van der Waals surface area (Å²) in [6, 6.07) is 12.1. The van der Waals surface area contributed by atoms with Crippen LogP contribution in [-0.2, 0) is 6.42 Å². The Labute approximate surface area is 128 Å². The second-order valence-electron chi connectivity index (χ2n) is 4.63. The highest BCUT2D eigenvalue weighted by atomic mass is 35.5. The van der Waals surface area contributed by atoms with Gasteiger partial charge in [0.05, 0.1) is 5.02 Å². The number of rotatable bonds is 5. The number of halogens is 1. The number of amides is 1. The predicted octanol–water partition coefficient (Wildman–Crippen LogP) is 3.06. The molecular formula is C16H17ClN2O2. The van der Waals surface area contributed by atoms with E-state index in [2.05, 4.69) is 10.6 Å². The lowest BCUT2D eigenvalue weighted by Gasteiger charge is -2.10. The Morgan fingerprint density at radius 1 is 1.24 bits per heavy atom. The lowest BCUT2D eigenvalue weighted by atomic mass is 10.0. The lowest BCUT2D eigenvalue weighted by molar-refractivity contribution is 0.102. The highest BCUT2D eigenvalue weighted by molar-refractivity contribution is 6.32. The van der Waals surface area contributed by atoms with E-state index in [0.717, 1.165) is 18.5 Å². The zero-order chi connectivity index (χ0) is 15.2. The molecule has 1 amide bonds. The fraction of sp³-hybridized carbons (Fsp3) is 0.188. The van der Waals surface area contributed by atoms with Crippen molar-refractivity contribution in [3.05, 3.63) is 58.6 Å². The van der Waals surface area contributed by atoms with Crippen molar-refractivity contribution in [1.29, 1.82) is 0 Å². The second kappa shape index (κ2) is 7.11. The summed E-state index contributed by atoms with van der Waals surface area (Å²) in [5, 5.41) is 15.4. The maximum absolute atomic E-state index is 12.4. The second-order valence-corrected chi connectivity index (χ2v) is 5.04. The molecule has 0 radical (unpaired) electrons. The Bertz CT molecular complexity index is 644. The van der Waals surface area contributed by atoms with Crippen LogP contribution in [0.4, 0.5) is 5.69 Å². The van der Waals surface area contributed by atoms with E-state index < -0.39 is 0 Å². The van der Waals surface area contributed by atoms with Gasteiger partial charge in [0.1, 0.15) is 5.75 Å². The first kappa shape index (κ1) is 15.4. The maximum Gasteiger partial charge on any atom is 0.255 e. The maximum atomic E-state index is 12.4. The molecule has 0 heterocycles. The summed E-state index contributed by atoms with van der Waals surface area (Å²) in [5.41, 5.74) is 2.16. The molecule has 0 bridgehead atoms. The number of hydrogen-bond donors (Lipinski definition) is 3. The van der Waals surface area contributed by atoms with Crippen LogP contribution in [0.3, 0.4) is 0 Å². The summed E-state index contributed by atoms with van der Waals surface area (Å²) in [6.45, 7) is 0.801. The zero-order valence-electron chi connectivity index (χ0n) is 11.7. The van der Waals surface area contributed by atoms with Gasteiger partial charge in [-0.2, -0.15) is 0 Å². The molecule has 0 atom stereocenters. The van der Waals surface area contributed by atoms with Gasteiger partial charge in [0.15, 0.2) is 0 Å². The molecule has 110 valence electrons. The first-order chi connectivity index (χ1) is 10.1. The molecule has 0 aromatic heterocycles. The molecule has 0 saturated heterocycles. The SMILES string of the molecule is CNCCc1ccccc1C(=O)Nc1ccc(O)c(Cl)c1. The van der Waals surface area contributed by atoms with Gasteiger partial charge in [0.2, 0.25) is 0 Å². The molecule has 2 rings (SSSR count). The third-order valence-electron chi connectivity index (χ3n) is 3.11. The predicted molar refractivity (Wildman–Crippen MR) is 85.1 cm³/mol. The summed E-state index contributed by atoms with van der Waals surface area (Å²) in [5.74, 6) is -0.201. The fourth-order valence-corrected chi connectivity index (χ4v) is 2.18. The molecule has 21 heavy (non-hydrogen) atoms. The van der Waals surface area contributed by atoms with Crippen LogP contribution in [0, 0.1) is 0 Å². The van der Waals surface area contributed by atoms with E-state index >= 15 is 0 Å². The average molecular weight is 305 g/mol. The van der Waals surface area contributed by atoms with Crippen LogP contribution in [0.5, 0.6) is 5.75 Å². The highest BCUT2D eigenvalue weighted by Gasteiger charge is 2.11. The van der Waals surface area contributed by atoms with E-state index in [1.165, 1.54) is 12.1 Å². The van der Waals surface area contributed by atoms with E-state index in [1.54, 1.807) is 12.1 Å². The van der Waals surface area contributed by atoms with Crippen molar-refractivity contribution in [2.75, 3.05) is 18.9 Å². The smallest absolute Gasteiger partial charge is 0.255 e. The molecule has 5 heteroatoms. The number of aromatic hydroxyl groups is 1. The molecule has 4 nitrogen and oxygen atoms in total. The van der Waals surface area contributed by atoms with Gasteiger partial charge >= 0.3 is 0 Å². The summed E-state index contributed by atoms with van der Waals surface area (Å²) >= 11 is 5.83. The van der Waals surface area contributed by atoms with Crippen molar-refractivity contribution in [1.82, 2.24) is 5.32 Å². The number of likely N-dealkylation sites (N-methyl/N-ethyl adjacent to an activating group) is 1. The molecule has 2 aromatic rings. The minimum Gasteiger partial charge on any atom is -0.506 e. The van der Waals surface area contributed by atoms with E-state index in [4.69, 9.17) is 11.6 Å². The normalized spacial score (nSPS) is 10.4. The molecule has 3 N–H and O–H groups in total. The topological polar surface area (TPSA) is 61.4 Å². The van der Waals surface area contributed by atoms with Crippen molar-refractivity contribution < 1.29 is 9.90 Å². The van der Waals surface area contributed by atoms with Gasteiger partial charge < -0.3 is 15.7 Å². The lowest BCUT2D eigenvalue weighted by Crippen LogP contribution is -2.17. The number of carbonyl (C=O) groups is 1. The summed E-state index contributed by atoms with van der Waals surface area (Å²) in [4.78, 5) is 12.4. The van der Waals surface area contributed by atoms with Gasteiger partial charge in [-0.15, -0.1) is 0 Å². The van der Waals surface area contributed by atoms with Crippen LogP contribution >= 0.6 is 11.6 Å². The molecule has 0 saturated carbocycles. The van der Waals surface area contributed by atoms with Gasteiger partial charge in [-0.05, 0) is 49.8 Å². The molecule has 0 fully saturated rings. The quantitative estimate of drug-likeness (QED) is 0.744. The van der Waals surface area contributed by atoms with E-state index in [0.29, 0.717) is 11.3 Å². The van der Waals surface area contributed by atoms with Crippen LogP contribution in [0.2, 0.25) is 5.02 Å². The van der Waals surface area contributed by atoms with Crippen molar-refractivity contribution in [3.63, 3.8) is 0 Å². The first-order valence-electron chi connectivity index (χ1n) is 6.64.